The molecule has 0 spiro atoms. The summed E-state index contributed by atoms with van der Waals surface area (Å²) < 4.78 is 0. The summed E-state index contributed by atoms with van der Waals surface area (Å²) in [5.41, 5.74) is 0.588. The lowest BCUT2D eigenvalue weighted by Crippen LogP contribution is -2.27. The van der Waals surface area contributed by atoms with Crippen molar-refractivity contribution in [2.75, 3.05) is 0 Å². The van der Waals surface area contributed by atoms with Gasteiger partial charge < -0.3 is 0 Å². The Morgan fingerprint density at radius 3 is 2.33 bits per heavy atom. The molecule has 1 heterocycles. The summed E-state index contributed by atoms with van der Waals surface area (Å²) in [5.74, 6) is -0.591. The molecule has 0 aromatic rings. The van der Waals surface area contributed by atoms with Gasteiger partial charge in [-0.2, -0.15) is 0 Å². The highest BCUT2D eigenvalue weighted by Crippen LogP contribution is 2.11. The highest BCUT2D eigenvalue weighted by Gasteiger charge is 2.23. The summed E-state index contributed by atoms with van der Waals surface area (Å²) in [5, 5.41) is 0. The first-order valence-corrected chi connectivity index (χ1v) is 3.52. The van der Waals surface area contributed by atoms with Crippen molar-refractivity contribution in [3.63, 3.8) is 0 Å². The molecule has 62 valence electrons. The molecule has 0 aromatic carbocycles. The molecule has 0 N–H and O–H groups in total. The summed E-state index contributed by atoms with van der Waals surface area (Å²) in [7, 11) is 0. The first-order chi connectivity index (χ1) is 5.66. The number of carbonyl (C=O) groups excluding carboxylic acids is 2. The van der Waals surface area contributed by atoms with E-state index in [0.29, 0.717) is 5.70 Å². The third-order valence-electron chi connectivity index (χ3n) is 1.52. The third kappa shape index (κ3) is 1.34. The van der Waals surface area contributed by atoms with Gasteiger partial charge in [0.15, 0.2) is 0 Å². The number of imide groups is 1. The van der Waals surface area contributed by atoms with E-state index in [4.69, 9.17) is 0 Å². The Hall–Kier alpha value is -1.64. The van der Waals surface area contributed by atoms with Crippen molar-refractivity contribution >= 4 is 11.8 Å². The quantitative estimate of drug-likeness (QED) is 0.450. The van der Waals surface area contributed by atoms with E-state index in [2.05, 4.69) is 6.58 Å². The lowest BCUT2D eigenvalue weighted by atomic mass is 10.4. The average molecular weight is 163 g/mol. The minimum atomic E-state index is -0.296. The van der Waals surface area contributed by atoms with Crippen molar-refractivity contribution in [3.8, 4) is 0 Å². The molecular formula is C9H9NO2. The Balaban J connectivity index is 2.90. The van der Waals surface area contributed by atoms with E-state index in [1.54, 1.807) is 13.0 Å². The topological polar surface area (TPSA) is 37.4 Å². The maximum atomic E-state index is 11.0. The van der Waals surface area contributed by atoms with Crippen LogP contribution in [0.5, 0.6) is 0 Å². The van der Waals surface area contributed by atoms with Crippen molar-refractivity contribution in [2.45, 2.75) is 6.92 Å². The highest BCUT2D eigenvalue weighted by atomic mass is 16.2. The molecule has 0 aromatic heterocycles. The van der Waals surface area contributed by atoms with Crippen LogP contribution in [0.2, 0.25) is 0 Å². The van der Waals surface area contributed by atoms with Crippen LogP contribution in [-0.4, -0.2) is 16.7 Å². The zero-order chi connectivity index (χ0) is 9.14. The van der Waals surface area contributed by atoms with Gasteiger partial charge in [-0.15, -0.1) is 0 Å². The first kappa shape index (κ1) is 8.46. The monoisotopic (exact) mass is 163 g/mol. The van der Waals surface area contributed by atoms with Crippen molar-refractivity contribution < 1.29 is 9.59 Å². The summed E-state index contributed by atoms with van der Waals surface area (Å²) in [4.78, 5) is 23.2. The zero-order valence-electron chi connectivity index (χ0n) is 6.78. The van der Waals surface area contributed by atoms with E-state index in [9.17, 15) is 9.59 Å². The SMILES string of the molecule is C=C/C=C(\C)N1C(=O)C=CC1=O. The normalized spacial score (nSPS) is 17.4. The van der Waals surface area contributed by atoms with Crippen LogP contribution in [0.15, 0.2) is 36.6 Å². The van der Waals surface area contributed by atoms with Gasteiger partial charge in [0, 0.05) is 17.8 Å². The number of rotatable bonds is 2. The van der Waals surface area contributed by atoms with Crippen molar-refractivity contribution in [1.82, 2.24) is 4.90 Å². The van der Waals surface area contributed by atoms with Crippen LogP contribution in [0.4, 0.5) is 0 Å². The van der Waals surface area contributed by atoms with Gasteiger partial charge >= 0.3 is 0 Å². The van der Waals surface area contributed by atoms with Crippen LogP contribution in [0.3, 0.4) is 0 Å². The summed E-state index contributed by atoms with van der Waals surface area (Å²) >= 11 is 0. The molecule has 0 fully saturated rings. The maximum absolute atomic E-state index is 11.0. The lowest BCUT2D eigenvalue weighted by molar-refractivity contribution is -0.134. The van der Waals surface area contributed by atoms with Crippen LogP contribution in [0.1, 0.15) is 6.92 Å². The lowest BCUT2D eigenvalue weighted by Gasteiger charge is -2.12. The maximum Gasteiger partial charge on any atom is 0.257 e. The fourth-order valence-corrected chi connectivity index (χ4v) is 0.993. The molecule has 0 saturated carbocycles. The van der Waals surface area contributed by atoms with Gasteiger partial charge in [-0.3, -0.25) is 9.59 Å². The number of allylic oxidation sites excluding steroid dienone is 3. The largest absolute Gasteiger partial charge is 0.269 e. The molecule has 3 heteroatoms. The van der Waals surface area contributed by atoms with Crippen LogP contribution >= 0.6 is 0 Å². The zero-order valence-corrected chi connectivity index (χ0v) is 6.78. The fraction of sp³-hybridized carbons (Fsp3) is 0.111. The Labute approximate surface area is 70.7 Å². The molecule has 0 saturated heterocycles. The molecule has 1 aliphatic rings. The number of hydrogen-bond acceptors (Lipinski definition) is 2. The van der Waals surface area contributed by atoms with E-state index in [1.165, 1.54) is 18.2 Å². The molecule has 0 atom stereocenters. The van der Waals surface area contributed by atoms with Gasteiger partial charge in [-0.1, -0.05) is 12.7 Å². The molecule has 0 aliphatic carbocycles. The Kier molecular flexibility index (Phi) is 2.24. The summed E-state index contributed by atoms with van der Waals surface area (Å²) in [6.07, 6.45) is 5.66. The molecular weight excluding hydrogens is 154 g/mol. The average Bonchev–Trinajstić information content (AvgIpc) is 2.32. The van der Waals surface area contributed by atoms with Crippen LogP contribution < -0.4 is 0 Å². The van der Waals surface area contributed by atoms with Crippen molar-refractivity contribution in [1.29, 1.82) is 0 Å². The minimum Gasteiger partial charge on any atom is -0.269 e. The number of hydrogen-bond donors (Lipinski definition) is 0. The molecule has 2 amide bonds. The van der Waals surface area contributed by atoms with Crippen molar-refractivity contribution in [3.05, 3.63) is 36.6 Å². The Morgan fingerprint density at radius 2 is 1.92 bits per heavy atom. The van der Waals surface area contributed by atoms with Gasteiger partial charge in [0.1, 0.15) is 0 Å². The van der Waals surface area contributed by atoms with E-state index in [0.717, 1.165) is 4.90 Å². The predicted molar refractivity (Wildman–Crippen MR) is 44.9 cm³/mol. The van der Waals surface area contributed by atoms with Crippen LogP contribution in [0, 0.1) is 0 Å². The number of amides is 2. The summed E-state index contributed by atoms with van der Waals surface area (Å²) in [6, 6.07) is 0. The standard InChI is InChI=1S/C9H9NO2/c1-3-4-7(2)10-8(11)5-6-9(10)12/h3-6H,1H2,2H3/b7-4+. The van der Waals surface area contributed by atoms with Gasteiger partial charge in [-0.05, 0) is 13.0 Å². The van der Waals surface area contributed by atoms with E-state index < -0.39 is 0 Å². The molecule has 12 heavy (non-hydrogen) atoms. The minimum absolute atomic E-state index is 0.296. The van der Waals surface area contributed by atoms with Gasteiger partial charge in [0.25, 0.3) is 11.8 Å². The fourth-order valence-electron chi connectivity index (χ4n) is 0.993. The van der Waals surface area contributed by atoms with Crippen LogP contribution in [0.25, 0.3) is 0 Å². The second-order valence-electron chi connectivity index (χ2n) is 2.39. The predicted octanol–water partition coefficient (Wildman–Crippen LogP) is 1.00. The van der Waals surface area contributed by atoms with Crippen molar-refractivity contribution in [2.24, 2.45) is 0 Å². The molecule has 0 unspecified atom stereocenters. The number of carbonyl (C=O) groups is 2. The Bertz CT molecular complexity index is 282. The molecule has 1 aliphatic heterocycles. The van der Waals surface area contributed by atoms with E-state index >= 15 is 0 Å². The molecule has 0 bridgehead atoms. The third-order valence-corrected chi connectivity index (χ3v) is 1.52. The number of nitrogens with zero attached hydrogens (tertiary/aromatic N) is 1. The molecule has 1 rings (SSSR count). The summed E-state index contributed by atoms with van der Waals surface area (Å²) in [6.45, 7) is 5.16. The van der Waals surface area contributed by atoms with Gasteiger partial charge in [-0.25, -0.2) is 4.90 Å². The van der Waals surface area contributed by atoms with Gasteiger partial charge in [0.05, 0.1) is 0 Å². The smallest absolute Gasteiger partial charge is 0.257 e. The van der Waals surface area contributed by atoms with Gasteiger partial charge in [0.2, 0.25) is 0 Å². The molecule has 0 radical (unpaired) electrons. The van der Waals surface area contributed by atoms with Crippen LogP contribution in [-0.2, 0) is 9.59 Å². The van der Waals surface area contributed by atoms with E-state index in [-0.39, 0.29) is 11.8 Å². The first-order valence-electron chi connectivity index (χ1n) is 3.52. The second-order valence-corrected chi connectivity index (χ2v) is 2.39. The highest BCUT2D eigenvalue weighted by molar-refractivity contribution is 6.14. The Morgan fingerprint density at radius 1 is 1.42 bits per heavy atom. The second kappa shape index (κ2) is 3.17. The van der Waals surface area contributed by atoms with E-state index in [1.807, 2.05) is 0 Å². The molecule has 3 nitrogen and oxygen atoms in total.